The maximum absolute atomic E-state index is 12.0. The predicted octanol–water partition coefficient (Wildman–Crippen LogP) is 3.59. The van der Waals surface area contributed by atoms with E-state index in [0.717, 1.165) is 31.2 Å². The number of Topliss-reactive ketones (excluding diaryl/α,β-unsaturated/α-hetero) is 1. The van der Waals surface area contributed by atoms with Crippen LogP contribution in [0, 0.1) is 0 Å². The van der Waals surface area contributed by atoms with Gasteiger partial charge in [0.15, 0.2) is 0 Å². The fourth-order valence-corrected chi connectivity index (χ4v) is 3.03. The second-order valence-corrected chi connectivity index (χ2v) is 5.91. The summed E-state index contributed by atoms with van der Waals surface area (Å²) in [6, 6.07) is 9.58. The van der Waals surface area contributed by atoms with E-state index in [9.17, 15) is 9.59 Å². The molecule has 0 heterocycles. The van der Waals surface area contributed by atoms with Crippen LogP contribution in [-0.2, 0) is 16.1 Å². The van der Waals surface area contributed by atoms with Crippen LogP contribution < -0.4 is 5.32 Å². The smallest absolute Gasteiger partial charge is 0.407 e. The molecule has 0 bridgehead atoms. The Labute approximate surface area is 125 Å². The lowest BCUT2D eigenvalue weighted by Crippen LogP contribution is -2.51. The lowest BCUT2D eigenvalue weighted by Gasteiger charge is -2.37. The Morgan fingerprint density at radius 2 is 1.81 bits per heavy atom. The van der Waals surface area contributed by atoms with Crippen molar-refractivity contribution in [1.82, 2.24) is 5.32 Å². The monoisotopic (exact) mass is 289 g/mol. The minimum absolute atomic E-state index is 0.111. The third-order valence-electron chi connectivity index (χ3n) is 3.98. The molecule has 1 aliphatic carbocycles. The summed E-state index contributed by atoms with van der Waals surface area (Å²) in [5.41, 5.74) is 0.551. The molecule has 2 rings (SSSR count). The van der Waals surface area contributed by atoms with Crippen molar-refractivity contribution in [3.05, 3.63) is 35.9 Å². The number of hydrogen-bond acceptors (Lipinski definition) is 3. The number of ether oxygens (including phenoxy) is 1. The van der Waals surface area contributed by atoms with Gasteiger partial charge in [0.05, 0.1) is 5.54 Å². The molecule has 0 spiro atoms. The van der Waals surface area contributed by atoms with E-state index in [1.807, 2.05) is 30.3 Å². The summed E-state index contributed by atoms with van der Waals surface area (Å²) in [6.07, 6.45) is 4.94. The highest BCUT2D eigenvalue weighted by atomic mass is 16.5. The minimum Gasteiger partial charge on any atom is -0.445 e. The van der Waals surface area contributed by atoms with Crippen LogP contribution in [0.15, 0.2) is 30.3 Å². The zero-order valence-electron chi connectivity index (χ0n) is 12.6. The van der Waals surface area contributed by atoms with E-state index in [1.54, 1.807) is 6.92 Å². The van der Waals surface area contributed by atoms with Gasteiger partial charge in [0.1, 0.15) is 12.4 Å². The average Bonchev–Trinajstić information content (AvgIpc) is 2.46. The lowest BCUT2D eigenvalue weighted by atomic mass is 9.78. The molecule has 0 aromatic heterocycles. The SMILES string of the molecule is CC(=O)CC1(NC(=O)OCc2ccccc2)CCCCC1. The van der Waals surface area contributed by atoms with Gasteiger partial charge < -0.3 is 10.1 Å². The first kappa shape index (κ1) is 15.5. The Morgan fingerprint density at radius 1 is 1.14 bits per heavy atom. The molecule has 0 saturated heterocycles. The first-order valence-corrected chi connectivity index (χ1v) is 7.58. The maximum atomic E-state index is 12.0. The third-order valence-corrected chi connectivity index (χ3v) is 3.98. The summed E-state index contributed by atoms with van der Waals surface area (Å²) in [4.78, 5) is 23.5. The second-order valence-electron chi connectivity index (χ2n) is 5.91. The van der Waals surface area contributed by atoms with Crippen LogP contribution in [0.4, 0.5) is 4.79 Å². The summed E-state index contributed by atoms with van der Waals surface area (Å²) in [7, 11) is 0. The first-order valence-electron chi connectivity index (χ1n) is 7.58. The molecular formula is C17H23NO3. The fraction of sp³-hybridized carbons (Fsp3) is 0.529. The Balaban J connectivity index is 1.90. The number of amides is 1. The molecule has 0 aliphatic heterocycles. The zero-order valence-corrected chi connectivity index (χ0v) is 12.6. The van der Waals surface area contributed by atoms with Gasteiger partial charge in [0.25, 0.3) is 0 Å². The standard InChI is InChI=1S/C17H23NO3/c1-14(19)12-17(10-6-3-7-11-17)18-16(20)21-13-15-8-4-2-5-9-15/h2,4-5,8-9H,3,6-7,10-13H2,1H3,(H,18,20). The van der Waals surface area contributed by atoms with Crippen LogP contribution in [0.3, 0.4) is 0 Å². The van der Waals surface area contributed by atoms with Crippen molar-refractivity contribution in [3.8, 4) is 0 Å². The number of carbonyl (C=O) groups excluding carboxylic acids is 2. The number of rotatable bonds is 5. The van der Waals surface area contributed by atoms with Crippen molar-refractivity contribution in [3.63, 3.8) is 0 Å². The molecule has 1 amide bonds. The van der Waals surface area contributed by atoms with Crippen molar-refractivity contribution in [1.29, 1.82) is 0 Å². The highest BCUT2D eigenvalue weighted by Crippen LogP contribution is 2.31. The molecule has 1 aromatic carbocycles. The molecule has 4 heteroatoms. The number of carbonyl (C=O) groups is 2. The highest BCUT2D eigenvalue weighted by molar-refractivity contribution is 5.78. The Bertz CT molecular complexity index is 478. The van der Waals surface area contributed by atoms with Crippen LogP contribution in [0.2, 0.25) is 0 Å². The average molecular weight is 289 g/mol. The molecule has 4 nitrogen and oxygen atoms in total. The van der Waals surface area contributed by atoms with E-state index in [-0.39, 0.29) is 12.4 Å². The first-order chi connectivity index (χ1) is 10.1. The Kier molecular flexibility index (Phi) is 5.37. The fourth-order valence-electron chi connectivity index (χ4n) is 3.03. The summed E-state index contributed by atoms with van der Waals surface area (Å²) in [5, 5.41) is 2.95. The van der Waals surface area contributed by atoms with E-state index >= 15 is 0 Å². The molecule has 1 fully saturated rings. The van der Waals surface area contributed by atoms with E-state index in [2.05, 4.69) is 5.32 Å². The summed E-state index contributed by atoms with van der Waals surface area (Å²) in [6.45, 7) is 1.83. The van der Waals surface area contributed by atoms with E-state index in [4.69, 9.17) is 4.74 Å². The van der Waals surface area contributed by atoms with Crippen LogP contribution in [0.25, 0.3) is 0 Å². The number of alkyl carbamates (subject to hydrolysis) is 1. The normalized spacial score (nSPS) is 17.0. The number of ketones is 1. The van der Waals surface area contributed by atoms with Gasteiger partial charge in [0.2, 0.25) is 0 Å². The van der Waals surface area contributed by atoms with Gasteiger partial charge in [-0.2, -0.15) is 0 Å². The Hall–Kier alpha value is -1.84. The van der Waals surface area contributed by atoms with Gasteiger partial charge in [0, 0.05) is 6.42 Å². The van der Waals surface area contributed by atoms with Gasteiger partial charge in [-0.3, -0.25) is 4.79 Å². The van der Waals surface area contributed by atoms with Crippen molar-refractivity contribution in [2.45, 2.75) is 57.6 Å². The van der Waals surface area contributed by atoms with Gasteiger partial charge in [-0.1, -0.05) is 49.6 Å². The van der Waals surface area contributed by atoms with Crippen LogP contribution in [0.5, 0.6) is 0 Å². The summed E-state index contributed by atoms with van der Waals surface area (Å²) in [5.74, 6) is 0.111. The zero-order chi connectivity index (χ0) is 15.1. The quantitative estimate of drug-likeness (QED) is 0.901. The van der Waals surface area contributed by atoms with Crippen molar-refractivity contribution >= 4 is 11.9 Å². The molecule has 114 valence electrons. The van der Waals surface area contributed by atoms with Crippen LogP contribution in [0.1, 0.15) is 51.0 Å². The predicted molar refractivity (Wildman–Crippen MR) is 80.9 cm³/mol. The maximum Gasteiger partial charge on any atom is 0.407 e. The van der Waals surface area contributed by atoms with Crippen LogP contribution >= 0.6 is 0 Å². The third kappa shape index (κ3) is 4.88. The molecule has 1 aliphatic rings. The Morgan fingerprint density at radius 3 is 2.43 bits per heavy atom. The topological polar surface area (TPSA) is 55.4 Å². The number of benzene rings is 1. The largest absolute Gasteiger partial charge is 0.445 e. The van der Waals surface area contributed by atoms with E-state index in [0.29, 0.717) is 6.42 Å². The van der Waals surface area contributed by atoms with Crippen molar-refractivity contribution in [2.24, 2.45) is 0 Å². The summed E-state index contributed by atoms with van der Waals surface area (Å²) >= 11 is 0. The van der Waals surface area contributed by atoms with Gasteiger partial charge in [-0.05, 0) is 25.3 Å². The second kappa shape index (κ2) is 7.25. The van der Waals surface area contributed by atoms with E-state index < -0.39 is 11.6 Å². The molecule has 1 aromatic rings. The molecule has 1 saturated carbocycles. The molecule has 21 heavy (non-hydrogen) atoms. The molecule has 0 atom stereocenters. The van der Waals surface area contributed by atoms with Gasteiger partial charge in [-0.15, -0.1) is 0 Å². The van der Waals surface area contributed by atoms with Crippen molar-refractivity contribution < 1.29 is 14.3 Å². The van der Waals surface area contributed by atoms with Crippen molar-refractivity contribution in [2.75, 3.05) is 0 Å². The van der Waals surface area contributed by atoms with Crippen LogP contribution in [-0.4, -0.2) is 17.4 Å². The minimum atomic E-state index is -0.429. The highest BCUT2D eigenvalue weighted by Gasteiger charge is 2.35. The molecule has 0 unspecified atom stereocenters. The van der Waals surface area contributed by atoms with Gasteiger partial charge in [-0.25, -0.2) is 4.79 Å². The molecule has 1 N–H and O–H groups in total. The lowest BCUT2D eigenvalue weighted by molar-refractivity contribution is -0.118. The number of hydrogen-bond donors (Lipinski definition) is 1. The van der Waals surface area contributed by atoms with Gasteiger partial charge >= 0.3 is 6.09 Å². The van der Waals surface area contributed by atoms with E-state index in [1.165, 1.54) is 6.42 Å². The number of nitrogens with one attached hydrogen (secondary N) is 1. The molecular weight excluding hydrogens is 266 g/mol. The summed E-state index contributed by atoms with van der Waals surface area (Å²) < 4.78 is 5.28. The molecule has 0 radical (unpaired) electrons.